The van der Waals surface area contributed by atoms with E-state index in [1.807, 2.05) is 72.8 Å². The molecule has 0 aliphatic carbocycles. The number of aromatic nitrogens is 1. The van der Waals surface area contributed by atoms with Crippen molar-refractivity contribution in [2.24, 2.45) is 5.11 Å². The van der Waals surface area contributed by atoms with E-state index in [4.69, 9.17) is 34.0 Å². The minimum atomic E-state index is -0.687. The number of pyridine rings is 1. The van der Waals surface area contributed by atoms with Gasteiger partial charge >= 0.3 is 0 Å². The lowest BCUT2D eigenvalue weighted by Gasteiger charge is -2.45. The Bertz CT molecular complexity index is 1180. The smallest absolute Gasteiger partial charge is 0.186 e. The van der Waals surface area contributed by atoms with Crippen LogP contribution < -0.4 is 0 Å². The molecule has 1 saturated heterocycles. The van der Waals surface area contributed by atoms with Gasteiger partial charge in [0, 0.05) is 37.6 Å². The van der Waals surface area contributed by atoms with Gasteiger partial charge in [-0.25, -0.2) is 0 Å². The van der Waals surface area contributed by atoms with E-state index in [-0.39, 0.29) is 0 Å². The normalized spacial score (nSPS) is 22.0. The maximum Gasteiger partial charge on any atom is 0.186 e. The Morgan fingerprint density at radius 1 is 0.762 bits per heavy atom. The molecule has 10 nitrogen and oxygen atoms in total. The third-order valence-corrected chi connectivity index (χ3v) is 6.98. The third kappa shape index (κ3) is 10.2. The van der Waals surface area contributed by atoms with Gasteiger partial charge in [-0.2, -0.15) is 0 Å². The molecule has 1 aromatic heterocycles. The summed E-state index contributed by atoms with van der Waals surface area (Å²) >= 11 is 0. The summed E-state index contributed by atoms with van der Waals surface area (Å²) in [6.45, 7) is 2.44. The molecule has 1 fully saturated rings. The van der Waals surface area contributed by atoms with E-state index >= 15 is 0 Å². The summed E-state index contributed by atoms with van der Waals surface area (Å²) in [6, 6.07) is 23.9. The molecule has 2 heterocycles. The lowest BCUT2D eigenvalue weighted by molar-refractivity contribution is -0.323. The second-order valence-electron chi connectivity index (χ2n) is 10.0. The average molecular weight is 577 g/mol. The van der Waals surface area contributed by atoms with Crippen LogP contribution in [0.15, 0.2) is 90.3 Å². The molecule has 5 atom stereocenters. The van der Waals surface area contributed by atoms with Crippen LogP contribution in [0.1, 0.15) is 36.0 Å². The van der Waals surface area contributed by atoms with Gasteiger partial charge in [0.05, 0.1) is 26.4 Å². The van der Waals surface area contributed by atoms with Gasteiger partial charge in [0.2, 0.25) is 0 Å². The van der Waals surface area contributed by atoms with Gasteiger partial charge in [0.15, 0.2) is 6.29 Å². The van der Waals surface area contributed by atoms with E-state index in [0.29, 0.717) is 39.6 Å². The van der Waals surface area contributed by atoms with Crippen molar-refractivity contribution in [1.29, 1.82) is 0 Å². The summed E-state index contributed by atoms with van der Waals surface area (Å²) in [5, 5.41) is 3.58. The van der Waals surface area contributed by atoms with Gasteiger partial charge in [-0.1, -0.05) is 72.2 Å². The molecule has 2 aromatic carbocycles. The average Bonchev–Trinajstić information content (AvgIpc) is 3.04. The zero-order valence-corrected chi connectivity index (χ0v) is 24.1. The number of nitrogens with zero attached hydrogens (tertiary/aromatic N) is 4. The maximum atomic E-state index is 8.44. The number of azide groups is 1. The summed E-state index contributed by atoms with van der Waals surface area (Å²) in [5.41, 5.74) is 11.5. The highest BCUT2D eigenvalue weighted by Crippen LogP contribution is 2.31. The Morgan fingerprint density at radius 3 is 1.98 bits per heavy atom. The molecule has 42 heavy (non-hydrogen) atoms. The maximum absolute atomic E-state index is 8.44. The van der Waals surface area contributed by atoms with E-state index in [9.17, 15) is 0 Å². The molecule has 4 rings (SSSR count). The molecule has 1 aliphatic heterocycles. The number of benzene rings is 2. The zero-order valence-electron chi connectivity index (χ0n) is 24.1. The summed E-state index contributed by atoms with van der Waals surface area (Å²) in [4.78, 5) is 6.91. The number of rotatable bonds is 18. The van der Waals surface area contributed by atoms with Crippen LogP contribution in [-0.4, -0.2) is 62.6 Å². The van der Waals surface area contributed by atoms with Gasteiger partial charge in [-0.3, -0.25) is 4.98 Å². The fourth-order valence-electron chi connectivity index (χ4n) is 4.78. The third-order valence-electron chi connectivity index (χ3n) is 6.98. The SMILES string of the molecule is CO[C@@H]1O[C@H](COCCCCCN=[N+]=[N-])[C@@H](OCc2ccncc2)[C@H](OCc2ccccc2)[C@H]1OCc1ccccc1. The van der Waals surface area contributed by atoms with E-state index < -0.39 is 30.7 Å². The van der Waals surface area contributed by atoms with Crippen molar-refractivity contribution in [1.82, 2.24) is 4.98 Å². The number of methoxy groups -OCH3 is 1. The summed E-state index contributed by atoms with van der Waals surface area (Å²) in [6.07, 6.45) is 3.36. The highest BCUT2D eigenvalue weighted by atomic mass is 16.7. The van der Waals surface area contributed by atoms with Crippen molar-refractivity contribution in [2.45, 2.75) is 69.8 Å². The van der Waals surface area contributed by atoms with Crippen LogP contribution in [0.3, 0.4) is 0 Å². The first kappa shape index (κ1) is 31.6. The zero-order chi connectivity index (χ0) is 29.2. The molecule has 0 bridgehead atoms. The van der Waals surface area contributed by atoms with Crippen molar-refractivity contribution in [3.8, 4) is 0 Å². The fourth-order valence-corrected chi connectivity index (χ4v) is 4.78. The Hall–Kier alpha value is -3.34. The van der Waals surface area contributed by atoms with Crippen molar-refractivity contribution >= 4 is 0 Å². The number of ether oxygens (including phenoxy) is 6. The summed E-state index contributed by atoms with van der Waals surface area (Å²) < 4.78 is 37.9. The van der Waals surface area contributed by atoms with Gasteiger partial charge in [-0.15, -0.1) is 0 Å². The lowest BCUT2D eigenvalue weighted by atomic mass is 9.98. The van der Waals surface area contributed by atoms with Crippen LogP contribution in [0, 0.1) is 0 Å². The molecule has 0 amide bonds. The highest BCUT2D eigenvalue weighted by Gasteiger charge is 2.48. The number of hydrogen-bond acceptors (Lipinski definition) is 8. The summed E-state index contributed by atoms with van der Waals surface area (Å²) in [7, 11) is 1.61. The van der Waals surface area contributed by atoms with Crippen molar-refractivity contribution < 1.29 is 28.4 Å². The Kier molecular flexibility index (Phi) is 13.7. The molecular formula is C32H40N4O6. The number of unbranched alkanes of at least 4 members (excludes halogenated alkanes) is 2. The van der Waals surface area contributed by atoms with Crippen molar-refractivity contribution in [3.05, 3.63) is 112 Å². The number of hydrogen-bond donors (Lipinski definition) is 0. The second kappa shape index (κ2) is 18.3. The van der Waals surface area contributed by atoms with E-state index in [2.05, 4.69) is 15.0 Å². The van der Waals surface area contributed by atoms with Crippen LogP contribution in [0.5, 0.6) is 0 Å². The van der Waals surface area contributed by atoms with E-state index in [0.717, 1.165) is 36.0 Å². The quantitative estimate of drug-likeness (QED) is 0.0788. The van der Waals surface area contributed by atoms with Crippen LogP contribution in [0.4, 0.5) is 0 Å². The lowest BCUT2D eigenvalue weighted by Crippen LogP contribution is -2.61. The molecule has 10 heteroatoms. The summed E-state index contributed by atoms with van der Waals surface area (Å²) in [5.74, 6) is 0. The monoisotopic (exact) mass is 576 g/mol. The molecule has 0 N–H and O–H groups in total. The molecule has 0 unspecified atom stereocenters. The first-order valence-corrected chi connectivity index (χ1v) is 14.4. The van der Waals surface area contributed by atoms with Gasteiger partial charge in [0.1, 0.15) is 24.4 Å². The molecule has 3 aromatic rings. The van der Waals surface area contributed by atoms with Crippen LogP contribution in [0.25, 0.3) is 10.4 Å². The molecule has 0 radical (unpaired) electrons. The standard InChI is InChI=1S/C32H40N4O6/c1-37-32-31(41-22-26-13-7-3-8-14-26)30(40-21-25-11-5-2-6-12-25)29(39-23-27-15-18-34-19-16-27)28(42-32)24-38-20-10-4-9-17-35-36-33/h2-3,5-8,11-16,18-19,28-32H,4,9-10,17,20-24H2,1H3/t28-,29-,30+,31-,32-/m1/s1. The highest BCUT2D eigenvalue weighted by molar-refractivity contribution is 5.15. The Balaban J connectivity index is 1.51. The predicted molar refractivity (Wildman–Crippen MR) is 157 cm³/mol. The Morgan fingerprint density at radius 2 is 1.36 bits per heavy atom. The fraction of sp³-hybridized carbons (Fsp3) is 0.469. The van der Waals surface area contributed by atoms with Crippen molar-refractivity contribution in [3.63, 3.8) is 0 Å². The van der Waals surface area contributed by atoms with Crippen LogP contribution >= 0.6 is 0 Å². The van der Waals surface area contributed by atoms with E-state index in [1.165, 1.54) is 0 Å². The topological polar surface area (TPSA) is 117 Å². The second-order valence-corrected chi connectivity index (χ2v) is 10.0. The first-order chi connectivity index (χ1) is 20.8. The molecule has 0 spiro atoms. The van der Waals surface area contributed by atoms with E-state index in [1.54, 1.807) is 19.5 Å². The molecule has 224 valence electrons. The minimum absolute atomic E-state index is 0.299. The van der Waals surface area contributed by atoms with Crippen molar-refractivity contribution in [2.75, 3.05) is 26.9 Å². The predicted octanol–water partition coefficient (Wildman–Crippen LogP) is 6.01. The van der Waals surface area contributed by atoms with Gasteiger partial charge < -0.3 is 28.4 Å². The van der Waals surface area contributed by atoms with Gasteiger partial charge in [-0.05, 0) is 47.2 Å². The Labute approximate surface area is 247 Å². The molecule has 1 aliphatic rings. The first-order valence-electron chi connectivity index (χ1n) is 14.4. The molecule has 0 saturated carbocycles. The molecular weight excluding hydrogens is 536 g/mol. The largest absolute Gasteiger partial charge is 0.379 e. The van der Waals surface area contributed by atoms with Gasteiger partial charge in [0.25, 0.3) is 0 Å². The van der Waals surface area contributed by atoms with Crippen LogP contribution in [0.2, 0.25) is 0 Å². The van der Waals surface area contributed by atoms with Crippen LogP contribution in [-0.2, 0) is 48.2 Å². The minimum Gasteiger partial charge on any atom is -0.379 e.